The first-order chi connectivity index (χ1) is 16.4. The average molecular weight is 459 g/mol. The van der Waals surface area contributed by atoms with Gasteiger partial charge in [-0.05, 0) is 36.4 Å². The van der Waals surface area contributed by atoms with Crippen molar-refractivity contribution in [2.45, 2.75) is 6.42 Å². The highest BCUT2D eigenvalue weighted by Gasteiger charge is 2.18. The van der Waals surface area contributed by atoms with Crippen molar-refractivity contribution in [1.82, 2.24) is 20.6 Å². The third-order valence-electron chi connectivity index (χ3n) is 4.95. The van der Waals surface area contributed by atoms with E-state index in [0.29, 0.717) is 16.8 Å². The largest absolute Gasteiger partial charge is 0.273 e. The molecule has 9 nitrogen and oxygen atoms in total. The number of benzene rings is 3. The van der Waals surface area contributed by atoms with Crippen LogP contribution in [0.15, 0.2) is 85.1 Å². The molecule has 0 fully saturated rings. The molecule has 0 aliphatic carbocycles. The summed E-state index contributed by atoms with van der Waals surface area (Å²) >= 11 is 0. The van der Waals surface area contributed by atoms with Gasteiger partial charge in [0.15, 0.2) is 0 Å². The summed E-state index contributed by atoms with van der Waals surface area (Å²) in [5.74, 6) is -2.05. The highest BCUT2D eigenvalue weighted by Crippen LogP contribution is 2.26. The summed E-state index contributed by atoms with van der Waals surface area (Å²) in [4.78, 5) is 35.2. The van der Waals surface area contributed by atoms with Crippen molar-refractivity contribution in [3.63, 3.8) is 0 Å². The van der Waals surface area contributed by atoms with E-state index in [0.717, 1.165) is 11.8 Å². The lowest BCUT2D eigenvalue weighted by Crippen LogP contribution is -2.42. The number of carbonyl (C=O) groups is 2. The number of hydrogen-bond donors (Lipinski definition) is 2. The number of carbonyl (C=O) groups excluding carboxylic acids is 2. The van der Waals surface area contributed by atoms with Crippen molar-refractivity contribution in [3.05, 3.63) is 112 Å². The predicted molar refractivity (Wildman–Crippen MR) is 121 cm³/mol. The number of nitrogens with zero attached hydrogens (tertiary/aromatic N) is 3. The lowest BCUT2D eigenvalue weighted by Gasteiger charge is -2.08. The Hall–Kier alpha value is -4.86. The minimum absolute atomic E-state index is 0.0682. The Balaban J connectivity index is 1.56. The van der Waals surface area contributed by atoms with E-state index in [9.17, 15) is 24.1 Å². The third kappa shape index (κ3) is 4.96. The fourth-order valence-corrected chi connectivity index (χ4v) is 3.29. The zero-order valence-corrected chi connectivity index (χ0v) is 17.6. The third-order valence-corrected chi connectivity index (χ3v) is 4.95. The van der Waals surface area contributed by atoms with Gasteiger partial charge < -0.3 is 0 Å². The number of nitro groups is 1. The molecule has 1 aromatic heterocycles. The van der Waals surface area contributed by atoms with Crippen LogP contribution in [0.25, 0.3) is 16.9 Å². The van der Waals surface area contributed by atoms with E-state index in [1.807, 2.05) is 30.3 Å². The Kier molecular flexibility index (Phi) is 6.40. The van der Waals surface area contributed by atoms with Gasteiger partial charge in [-0.2, -0.15) is 5.10 Å². The molecule has 1 heterocycles. The normalized spacial score (nSPS) is 10.5. The fraction of sp³-hybridized carbons (Fsp3) is 0.0417. The number of para-hydroxylation sites is 1. The summed E-state index contributed by atoms with van der Waals surface area (Å²) in [5, 5.41) is 15.5. The number of hydrazine groups is 1. The van der Waals surface area contributed by atoms with Crippen molar-refractivity contribution in [2.24, 2.45) is 0 Å². The van der Waals surface area contributed by atoms with Crippen LogP contribution in [0, 0.1) is 15.9 Å². The second kappa shape index (κ2) is 9.74. The van der Waals surface area contributed by atoms with Crippen molar-refractivity contribution >= 4 is 17.5 Å². The number of aromatic nitrogens is 2. The Morgan fingerprint density at radius 1 is 0.941 bits per heavy atom. The van der Waals surface area contributed by atoms with Crippen LogP contribution in [0.1, 0.15) is 15.9 Å². The predicted octanol–water partition coefficient (Wildman–Crippen LogP) is 3.59. The number of nitro benzene ring substituents is 1. The monoisotopic (exact) mass is 459 g/mol. The highest BCUT2D eigenvalue weighted by atomic mass is 19.1. The Morgan fingerprint density at radius 2 is 1.62 bits per heavy atom. The van der Waals surface area contributed by atoms with E-state index in [4.69, 9.17) is 0 Å². The SMILES string of the molecule is O=C(Cc1cn(-c2ccccc2)nc1-c1ccc([N+](=O)[O-])cc1)NNC(=O)c1ccccc1F. The van der Waals surface area contributed by atoms with Crippen LogP contribution in [-0.4, -0.2) is 26.5 Å². The van der Waals surface area contributed by atoms with Crippen LogP contribution in [-0.2, 0) is 11.2 Å². The van der Waals surface area contributed by atoms with Crippen LogP contribution in [0.4, 0.5) is 10.1 Å². The van der Waals surface area contributed by atoms with Gasteiger partial charge in [-0.3, -0.25) is 30.6 Å². The fourth-order valence-electron chi connectivity index (χ4n) is 3.29. The summed E-state index contributed by atoms with van der Waals surface area (Å²) < 4.78 is 15.4. The topological polar surface area (TPSA) is 119 Å². The summed E-state index contributed by atoms with van der Waals surface area (Å²) in [6.45, 7) is 0. The van der Waals surface area contributed by atoms with Gasteiger partial charge in [-0.1, -0.05) is 30.3 Å². The first-order valence-corrected chi connectivity index (χ1v) is 10.1. The molecule has 4 rings (SSSR count). The lowest BCUT2D eigenvalue weighted by atomic mass is 10.1. The summed E-state index contributed by atoms with van der Waals surface area (Å²) in [6.07, 6.45) is 1.51. The molecule has 170 valence electrons. The van der Waals surface area contributed by atoms with Gasteiger partial charge in [0.1, 0.15) is 5.82 Å². The van der Waals surface area contributed by atoms with Crippen molar-refractivity contribution < 1.29 is 18.9 Å². The Labute approximate surface area is 193 Å². The van der Waals surface area contributed by atoms with E-state index in [-0.39, 0.29) is 17.7 Å². The summed E-state index contributed by atoms with van der Waals surface area (Å²) in [7, 11) is 0. The van der Waals surface area contributed by atoms with E-state index in [1.165, 1.54) is 30.3 Å². The van der Waals surface area contributed by atoms with Crippen molar-refractivity contribution in [3.8, 4) is 16.9 Å². The molecule has 3 aromatic carbocycles. The number of rotatable bonds is 6. The minimum Gasteiger partial charge on any atom is -0.273 e. The van der Waals surface area contributed by atoms with Crippen LogP contribution in [0.2, 0.25) is 0 Å². The molecule has 0 aliphatic rings. The molecule has 0 bridgehead atoms. The standard InChI is InChI=1S/C24H18FN5O4/c25-21-9-5-4-8-20(21)24(32)27-26-22(31)14-17-15-29(18-6-2-1-3-7-18)28-23(17)16-10-12-19(13-11-16)30(33)34/h1-13,15H,14H2,(H,26,31)(H,27,32). The van der Waals surface area contributed by atoms with Gasteiger partial charge in [0, 0.05) is 29.5 Å². The van der Waals surface area contributed by atoms with E-state index in [2.05, 4.69) is 16.0 Å². The molecule has 0 spiro atoms. The maximum Gasteiger partial charge on any atom is 0.272 e. The van der Waals surface area contributed by atoms with Crippen LogP contribution in [0.3, 0.4) is 0 Å². The summed E-state index contributed by atoms with van der Waals surface area (Å²) in [6, 6.07) is 20.4. The van der Waals surface area contributed by atoms with Crippen molar-refractivity contribution in [1.29, 1.82) is 0 Å². The number of halogens is 1. The smallest absolute Gasteiger partial charge is 0.272 e. The number of nitrogens with one attached hydrogen (secondary N) is 2. The molecule has 0 aliphatic heterocycles. The van der Waals surface area contributed by atoms with Gasteiger partial charge >= 0.3 is 0 Å². The van der Waals surface area contributed by atoms with Gasteiger partial charge in [-0.15, -0.1) is 0 Å². The highest BCUT2D eigenvalue weighted by molar-refractivity contribution is 5.95. The quantitative estimate of drug-likeness (QED) is 0.337. The molecule has 4 aromatic rings. The molecular weight excluding hydrogens is 441 g/mol. The minimum atomic E-state index is -0.790. The van der Waals surface area contributed by atoms with E-state index < -0.39 is 22.6 Å². The van der Waals surface area contributed by atoms with Gasteiger partial charge in [0.2, 0.25) is 5.91 Å². The van der Waals surface area contributed by atoms with E-state index >= 15 is 0 Å². The van der Waals surface area contributed by atoms with Crippen LogP contribution >= 0.6 is 0 Å². The van der Waals surface area contributed by atoms with E-state index in [1.54, 1.807) is 23.0 Å². The molecule has 0 radical (unpaired) electrons. The zero-order valence-electron chi connectivity index (χ0n) is 17.6. The number of non-ortho nitro benzene ring substituents is 1. The van der Waals surface area contributed by atoms with Gasteiger partial charge in [0.25, 0.3) is 11.6 Å². The number of amides is 2. The van der Waals surface area contributed by atoms with Gasteiger partial charge in [-0.25, -0.2) is 9.07 Å². The molecule has 0 atom stereocenters. The second-order valence-corrected chi connectivity index (χ2v) is 7.25. The first kappa shape index (κ1) is 22.3. The lowest BCUT2D eigenvalue weighted by molar-refractivity contribution is -0.384. The Morgan fingerprint density at radius 3 is 2.29 bits per heavy atom. The van der Waals surface area contributed by atoms with Crippen LogP contribution < -0.4 is 10.9 Å². The van der Waals surface area contributed by atoms with Gasteiger partial charge in [0.05, 0.1) is 28.3 Å². The Bertz CT molecular complexity index is 1350. The molecule has 10 heteroatoms. The molecular formula is C24H18FN5O4. The maximum atomic E-state index is 13.8. The molecule has 2 amide bonds. The molecule has 34 heavy (non-hydrogen) atoms. The molecule has 0 saturated carbocycles. The second-order valence-electron chi connectivity index (χ2n) is 7.25. The zero-order chi connectivity index (χ0) is 24.1. The first-order valence-electron chi connectivity index (χ1n) is 10.1. The maximum absolute atomic E-state index is 13.8. The molecule has 0 unspecified atom stereocenters. The number of hydrogen-bond acceptors (Lipinski definition) is 5. The molecule has 2 N–H and O–H groups in total. The van der Waals surface area contributed by atoms with Crippen molar-refractivity contribution in [2.75, 3.05) is 0 Å². The molecule has 0 saturated heterocycles. The average Bonchev–Trinajstić information content (AvgIpc) is 3.27. The summed E-state index contributed by atoms with van der Waals surface area (Å²) in [5.41, 5.74) is 6.52. The van der Waals surface area contributed by atoms with Crippen LogP contribution in [0.5, 0.6) is 0 Å².